The zero-order valence-electron chi connectivity index (χ0n) is 31.6. The molecule has 1 aliphatic rings. The van der Waals surface area contributed by atoms with E-state index in [1.807, 2.05) is 30.3 Å². The number of hydrogen-bond donors (Lipinski definition) is 7. The number of hydrogen-bond acceptors (Lipinski definition) is 9. The van der Waals surface area contributed by atoms with Gasteiger partial charge < -0.3 is 45.4 Å². The van der Waals surface area contributed by atoms with Gasteiger partial charge in [0.15, 0.2) is 6.29 Å². The van der Waals surface area contributed by atoms with E-state index in [1.54, 1.807) is 0 Å². The topological polar surface area (TPSA) is 169 Å². The van der Waals surface area contributed by atoms with Gasteiger partial charge in [-0.15, -0.1) is 0 Å². The van der Waals surface area contributed by atoms with Crippen LogP contribution in [0.3, 0.4) is 0 Å². The number of ether oxygens (including phenoxy) is 2. The van der Waals surface area contributed by atoms with E-state index in [9.17, 15) is 35.4 Å². The van der Waals surface area contributed by atoms with Crippen LogP contribution in [-0.2, 0) is 20.7 Å². The summed E-state index contributed by atoms with van der Waals surface area (Å²) in [4.78, 5) is 12.9. The first kappa shape index (κ1) is 45.5. The van der Waals surface area contributed by atoms with Crippen molar-refractivity contribution in [2.75, 3.05) is 13.2 Å². The van der Waals surface area contributed by atoms with E-state index < -0.39 is 55.6 Å². The molecule has 0 radical (unpaired) electrons. The first-order valence-corrected chi connectivity index (χ1v) is 20.4. The van der Waals surface area contributed by atoms with Crippen molar-refractivity contribution >= 4 is 5.91 Å². The van der Waals surface area contributed by atoms with Gasteiger partial charge in [-0.05, 0) is 31.2 Å². The summed E-state index contributed by atoms with van der Waals surface area (Å²) in [6.07, 6.45) is 16.3. The maximum atomic E-state index is 12.9. The van der Waals surface area contributed by atoms with Crippen LogP contribution in [0, 0.1) is 0 Å². The molecule has 1 fully saturated rings. The van der Waals surface area contributed by atoms with Gasteiger partial charge in [0.05, 0.1) is 25.4 Å². The van der Waals surface area contributed by atoms with Crippen LogP contribution in [0.25, 0.3) is 0 Å². The molecule has 0 unspecified atom stereocenters. The average molecular weight is 724 g/mol. The molecule has 10 nitrogen and oxygen atoms in total. The van der Waals surface area contributed by atoms with Crippen LogP contribution in [0.4, 0.5) is 0 Å². The fraction of sp³-hybridized carbons (Fsp3) is 0.829. The second-order valence-electron chi connectivity index (χ2n) is 14.8. The van der Waals surface area contributed by atoms with Gasteiger partial charge in [0.25, 0.3) is 0 Å². The van der Waals surface area contributed by atoms with E-state index in [4.69, 9.17) is 9.47 Å². The summed E-state index contributed by atoms with van der Waals surface area (Å²) in [6.45, 7) is 1.33. The standard InChI is InChI=1S/C41H73NO9/c1-2-3-4-5-6-7-8-9-10-11-12-13-14-15-16-17-18-19-23-29-36(45)42-33(31-50-41-40(49)39(48)38(47)35(30-43)51-41)37(46)34(44)28-24-27-32-25-21-20-22-26-32/h20-22,25-26,33-35,37-41,43-44,46-49H,2-19,23-24,27-31H2,1H3,(H,42,45)/t33-,34+,35+,37-,38-,39-,40+,41-/m0/s1. The van der Waals surface area contributed by atoms with Gasteiger partial charge in [0.1, 0.15) is 30.5 Å². The van der Waals surface area contributed by atoms with Crippen LogP contribution >= 0.6 is 0 Å². The van der Waals surface area contributed by atoms with Gasteiger partial charge in [-0.1, -0.05) is 153 Å². The highest BCUT2D eigenvalue weighted by atomic mass is 16.7. The van der Waals surface area contributed by atoms with Crippen molar-refractivity contribution < 1.29 is 44.9 Å². The Kier molecular flexibility index (Phi) is 25.7. The summed E-state index contributed by atoms with van der Waals surface area (Å²) in [7, 11) is 0. The second kappa shape index (κ2) is 28.8. The van der Waals surface area contributed by atoms with Crippen molar-refractivity contribution in [1.82, 2.24) is 5.32 Å². The highest BCUT2D eigenvalue weighted by Crippen LogP contribution is 2.23. The van der Waals surface area contributed by atoms with Crippen LogP contribution in [0.2, 0.25) is 0 Å². The number of carbonyl (C=O) groups is 1. The number of rotatable bonds is 31. The highest BCUT2D eigenvalue weighted by Gasteiger charge is 2.44. The molecule has 0 bridgehead atoms. The van der Waals surface area contributed by atoms with Crippen LogP contribution < -0.4 is 5.32 Å². The molecule has 0 aliphatic carbocycles. The number of carbonyl (C=O) groups excluding carboxylic acids is 1. The van der Waals surface area contributed by atoms with E-state index in [0.29, 0.717) is 19.3 Å². The fourth-order valence-electron chi connectivity index (χ4n) is 6.87. The van der Waals surface area contributed by atoms with Crippen LogP contribution in [-0.4, -0.2) is 98.7 Å². The fourth-order valence-corrected chi connectivity index (χ4v) is 6.87. The van der Waals surface area contributed by atoms with Crippen molar-refractivity contribution in [1.29, 1.82) is 0 Å². The Morgan fingerprint density at radius 2 is 1.24 bits per heavy atom. The summed E-state index contributed by atoms with van der Waals surface area (Å²) < 4.78 is 11.1. The SMILES string of the molecule is CCCCCCCCCCCCCCCCCCCCCC(=O)N[C@@H](CO[C@H]1O[C@H](CO)[C@H](O)[C@H](O)[C@H]1O)[C@H](O)[C@H](O)CCCc1ccccc1. The lowest BCUT2D eigenvalue weighted by atomic mass is 9.98. The predicted molar refractivity (Wildman–Crippen MR) is 201 cm³/mol. The van der Waals surface area contributed by atoms with Gasteiger partial charge >= 0.3 is 0 Å². The monoisotopic (exact) mass is 724 g/mol. The van der Waals surface area contributed by atoms with Gasteiger partial charge in [-0.25, -0.2) is 0 Å². The number of nitrogens with one attached hydrogen (secondary N) is 1. The Morgan fingerprint density at radius 3 is 1.75 bits per heavy atom. The quantitative estimate of drug-likeness (QED) is 0.0465. The zero-order valence-corrected chi connectivity index (χ0v) is 31.6. The zero-order chi connectivity index (χ0) is 37.1. The molecular weight excluding hydrogens is 650 g/mol. The number of aliphatic hydroxyl groups excluding tert-OH is 6. The first-order valence-electron chi connectivity index (χ1n) is 20.4. The number of amides is 1. The number of aliphatic hydroxyl groups is 6. The highest BCUT2D eigenvalue weighted by molar-refractivity contribution is 5.76. The molecular formula is C41H73NO9. The first-order chi connectivity index (χ1) is 24.8. The Bertz CT molecular complexity index is 968. The molecule has 0 aromatic heterocycles. The third-order valence-electron chi connectivity index (χ3n) is 10.3. The number of aryl methyl sites for hydroxylation is 1. The molecule has 1 aromatic carbocycles. The van der Waals surface area contributed by atoms with E-state index in [-0.39, 0.29) is 18.9 Å². The van der Waals surface area contributed by atoms with Crippen molar-refractivity contribution in [3.63, 3.8) is 0 Å². The molecule has 51 heavy (non-hydrogen) atoms. The summed E-state index contributed by atoms with van der Waals surface area (Å²) in [5.41, 5.74) is 1.12. The maximum Gasteiger partial charge on any atom is 0.220 e. The minimum atomic E-state index is -1.61. The van der Waals surface area contributed by atoms with E-state index in [0.717, 1.165) is 31.2 Å². The van der Waals surface area contributed by atoms with Gasteiger partial charge in [-0.3, -0.25) is 4.79 Å². The van der Waals surface area contributed by atoms with Gasteiger partial charge in [0, 0.05) is 6.42 Å². The Hall–Kier alpha value is -1.63. The lowest BCUT2D eigenvalue weighted by Gasteiger charge is -2.40. The molecule has 8 atom stereocenters. The van der Waals surface area contributed by atoms with Gasteiger partial charge in [-0.2, -0.15) is 0 Å². The number of benzene rings is 1. The number of unbranched alkanes of at least 4 members (excludes halogenated alkanes) is 18. The minimum absolute atomic E-state index is 0.270. The molecule has 10 heteroatoms. The Balaban J connectivity index is 1.65. The summed E-state index contributed by atoms with van der Waals surface area (Å²) in [5, 5.41) is 64.7. The average Bonchev–Trinajstić information content (AvgIpc) is 3.14. The molecule has 1 heterocycles. The smallest absolute Gasteiger partial charge is 0.220 e. The van der Waals surface area contributed by atoms with Crippen LogP contribution in [0.5, 0.6) is 0 Å². The van der Waals surface area contributed by atoms with Crippen LogP contribution in [0.15, 0.2) is 30.3 Å². The molecule has 296 valence electrons. The largest absolute Gasteiger partial charge is 0.394 e. The van der Waals surface area contributed by atoms with E-state index >= 15 is 0 Å². The summed E-state index contributed by atoms with van der Waals surface area (Å²) in [6, 6.07) is 8.82. The molecule has 1 aromatic rings. The summed E-state index contributed by atoms with van der Waals surface area (Å²) >= 11 is 0. The van der Waals surface area contributed by atoms with Crippen molar-refractivity contribution in [2.45, 2.75) is 204 Å². The maximum absolute atomic E-state index is 12.9. The molecule has 1 amide bonds. The molecule has 2 rings (SSSR count). The van der Waals surface area contributed by atoms with Gasteiger partial charge in [0.2, 0.25) is 5.91 Å². The molecule has 1 saturated heterocycles. The Morgan fingerprint density at radius 1 is 0.725 bits per heavy atom. The molecule has 1 aliphatic heterocycles. The van der Waals surface area contributed by atoms with E-state index in [2.05, 4.69) is 12.2 Å². The third kappa shape index (κ3) is 19.9. The van der Waals surface area contributed by atoms with Crippen molar-refractivity contribution in [3.8, 4) is 0 Å². The van der Waals surface area contributed by atoms with E-state index in [1.165, 1.54) is 96.3 Å². The second-order valence-corrected chi connectivity index (χ2v) is 14.8. The molecule has 0 saturated carbocycles. The molecule has 0 spiro atoms. The summed E-state index contributed by atoms with van der Waals surface area (Å²) in [5.74, 6) is -0.278. The van der Waals surface area contributed by atoms with Crippen molar-refractivity contribution in [2.24, 2.45) is 0 Å². The normalized spacial score (nSPS) is 22.5. The molecule has 7 N–H and O–H groups in total. The van der Waals surface area contributed by atoms with Crippen LogP contribution in [0.1, 0.15) is 154 Å². The van der Waals surface area contributed by atoms with Crippen molar-refractivity contribution in [3.05, 3.63) is 35.9 Å². The lowest BCUT2D eigenvalue weighted by molar-refractivity contribution is -0.303. The lowest BCUT2D eigenvalue weighted by Crippen LogP contribution is -2.60. The predicted octanol–water partition coefficient (Wildman–Crippen LogP) is 5.85. The third-order valence-corrected chi connectivity index (χ3v) is 10.3. The Labute approximate surface area is 308 Å². The minimum Gasteiger partial charge on any atom is -0.394 e.